The van der Waals surface area contributed by atoms with Crippen molar-refractivity contribution in [2.75, 3.05) is 18.7 Å². The van der Waals surface area contributed by atoms with Gasteiger partial charge in [0, 0.05) is 5.88 Å². The lowest BCUT2D eigenvalue weighted by atomic mass is 10.1. The summed E-state index contributed by atoms with van der Waals surface area (Å²) in [6, 6.07) is 7.50. The van der Waals surface area contributed by atoms with Crippen LogP contribution in [0.15, 0.2) is 30.3 Å². The highest BCUT2D eigenvalue weighted by atomic mass is 35.5. The number of carbonyl (C=O) groups excluding carboxylic acids is 1. The number of carbonyl (C=O) groups is 1. The van der Waals surface area contributed by atoms with E-state index >= 15 is 0 Å². The van der Waals surface area contributed by atoms with Gasteiger partial charge in [0.25, 0.3) is 0 Å². The number of sulfonamides is 1. The molecule has 0 saturated heterocycles. The van der Waals surface area contributed by atoms with Crippen molar-refractivity contribution in [2.24, 2.45) is 5.92 Å². The van der Waals surface area contributed by atoms with Crippen molar-refractivity contribution in [3.8, 4) is 0 Å². The summed E-state index contributed by atoms with van der Waals surface area (Å²) in [7, 11) is -2.41. The molecule has 0 aliphatic heterocycles. The van der Waals surface area contributed by atoms with Crippen LogP contribution in [0.4, 0.5) is 0 Å². The van der Waals surface area contributed by atoms with Gasteiger partial charge in [0.15, 0.2) is 0 Å². The van der Waals surface area contributed by atoms with Crippen molar-refractivity contribution in [1.29, 1.82) is 0 Å². The summed E-state index contributed by atoms with van der Waals surface area (Å²) in [6.07, 6.45) is 0. The Morgan fingerprint density at radius 1 is 1.35 bits per heavy atom. The molecule has 0 heterocycles. The van der Waals surface area contributed by atoms with Crippen LogP contribution < -0.4 is 4.72 Å². The van der Waals surface area contributed by atoms with Crippen LogP contribution in [0.1, 0.15) is 18.5 Å². The van der Waals surface area contributed by atoms with Crippen LogP contribution >= 0.6 is 11.6 Å². The van der Waals surface area contributed by atoms with Crippen LogP contribution in [0, 0.1) is 5.92 Å². The fourth-order valence-electron chi connectivity index (χ4n) is 1.66. The first-order valence-electron chi connectivity index (χ1n) is 6.08. The average molecular weight is 320 g/mol. The lowest BCUT2D eigenvalue weighted by Gasteiger charge is -2.18. The number of rotatable bonds is 7. The van der Waals surface area contributed by atoms with E-state index < -0.39 is 22.0 Å². The Labute approximate surface area is 124 Å². The molecule has 1 aromatic carbocycles. The molecule has 20 heavy (non-hydrogen) atoms. The molecule has 0 aliphatic rings. The number of alkyl halides is 1. The maximum Gasteiger partial charge on any atom is 0.328 e. The van der Waals surface area contributed by atoms with Crippen molar-refractivity contribution >= 4 is 27.6 Å². The summed E-state index contributed by atoms with van der Waals surface area (Å²) in [5, 5.41) is 0. The van der Waals surface area contributed by atoms with Crippen molar-refractivity contribution < 1.29 is 17.9 Å². The van der Waals surface area contributed by atoms with Gasteiger partial charge in [-0.25, -0.2) is 13.2 Å². The highest BCUT2D eigenvalue weighted by Crippen LogP contribution is 2.16. The van der Waals surface area contributed by atoms with Gasteiger partial charge in [-0.15, -0.1) is 11.6 Å². The molecule has 0 amide bonds. The number of ether oxygens (including phenoxy) is 1. The van der Waals surface area contributed by atoms with Crippen LogP contribution in [0.5, 0.6) is 0 Å². The fourth-order valence-corrected chi connectivity index (χ4v) is 3.46. The zero-order valence-electron chi connectivity index (χ0n) is 11.4. The lowest BCUT2D eigenvalue weighted by Crippen LogP contribution is -2.37. The van der Waals surface area contributed by atoms with E-state index in [1.165, 1.54) is 7.11 Å². The smallest absolute Gasteiger partial charge is 0.328 e. The predicted octanol–water partition coefficient (Wildman–Crippen LogP) is 1.69. The summed E-state index contributed by atoms with van der Waals surface area (Å²) in [5.41, 5.74) is 0.529. The molecular weight excluding hydrogens is 302 g/mol. The van der Waals surface area contributed by atoms with Gasteiger partial charge in [0.05, 0.1) is 12.9 Å². The van der Waals surface area contributed by atoms with Gasteiger partial charge in [0.2, 0.25) is 10.0 Å². The van der Waals surface area contributed by atoms with Crippen LogP contribution in [0.2, 0.25) is 0 Å². The van der Waals surface area contributed by atoms with E-state index in [0.717, 1.165) is 0 Å². The number of hydrogen-bond donors (Lipinski definition) is 1. The third-order valence-corrected chi connectivity index (χ3v) is 4.76. The summed E-state index contributed by atoms with van der Waals surface area (Å²) in [4.78, 5) is 11.8. The van der Waals surface area contributed by atoms with Crippen LogP contribution in [0.3, 0.4) is 0 Å². The average Bonchev–Trinajstić information content (AvgIpc) is 2.44. The SMILES string of the molecule is COC(=O)C(NS(=O)(=O)CC(C)CCl)c1ccccc1. The zero-order chi connectivity index (χ0) is 15.2. The second-order valence-electron chi connectivity index (χ2n) is 4.53. The standard InChI is InChI=1S/C13H18ClNO4S/c1-10(8-14)9-20(17,18)15-12(13(16)19-2)11-6-4-3-5-7-11/h3-7,10,12,15H,8-9H2,1-2H3. The minimum absolute atomic E-state index is 0.142. The van der Waals surface area contributed by atoms with Gasteiger partial charge in [-0.1, -0.05) is 37.3 Å². The lowest BCUT2D eigenvalue weighted by molar-refractivity contribution is -0.142. The predicted molar refractivity (Wildman–Crippen MR) is 78.0 cm³/mol. The van der Waals surface area contributed by atoms with Gasteiger partial charge in [-0.2, -0.15) is 4.72 Å². The molecule has 2 atom stereocenters. The second kappa shape index (κ2) is 7.61. The first kappa shape index (κ1) is 16.9. The maximum absolute atomic E-state index is 12.0. The van der Waals surface area contributed by atoms with Gasteiger partial charge in [-0.05, 0) is 11.5 Å². The van der Waals surface area contributed by atoms with E-state index in [1.54, 1.807) is 37.3 Å². The minimum Gasteiger partial charge on any atom is -0.468 e. The molecule has 1 aromatic rings. The Bertz CT molecular complexity index is 533. The van der Waals surface area contributed by atoms with Crippen LogP contribution in [-0.2, 0) is 19.6 Å². The van der Waals surface area contributed by atoms with Crippen molar-refractivity contribution in [1.82, 2.24) is 4.72 Å². The monoisotopic (exact) mass is 319 g/mol. The maximum atomic E-state index is 12.0. The molecule has 5 nitrogen and oxygen atoms in total. The first-order valence-corrected chi connectivity index (χ1v) is 8.27. The molecule has 0 radical (unpaired) electrons. The number of benzene rings is 1. The molecule has 2 unspecified atom stereocenters. The van der Waals surface area contributed by atoms with Gasteiger partial charge >= 0.3 is 5.97 Å². The molecule has 0 bridgehead atoms. The molecular formula is C13H18ClNO4S. The Morgan fingerprint density at radius 2 is 1.95 bits per heavy atom. The van der Waals surface area contributed by atoms with Crippen molar-refractivity contribution in [2.45, 2.75) is 13.0 Å². The van der Waals surface area contributed by atoms with Crippen LogP contribution in [-0.4, -0.2) is 33.1 Å². The number of halogens is 1. The summed E-state index contributed by atoms with van der Waals surface area (Å²) in [5.74, 6) is -0.770. The third-order valence-electron chi connectivity index (χ3n) is 2.63. The summed E-state index contributed by atoms with van der Waals surface area (Å²) >= 11 is 5.62. The van der Waals surface area contributed by atoms with E-state index in [1.807, 2.05) is 0 Å². The molecule has 0 fully saturated rings. The molecule has 1 rings (SSSR count). The highest BCUT2D eigenvalue weighted by molar-refractivity contribution is 7.89. The second-order valence-corrected chi connectivity index (χ2v) is 6.63. The zero-order valence-corrected chi connectivity index (χ0v) is 12.9. The number of esters is 1. The normalized spacial score (nSPS) is 14.6. The molecule has 0 aliphatic carbocycles. The Kier molecular flexibility index (Phi) is 6.45. The Morgan fingerprint density at radius 3 is 2.45 bits per heavy atom. The van der Waals surface area contributed by atoms with Crippen LogP contribution in [0.25, 0.3) is 0 Å². The number of methoxy groups -OCH3 is 1. The number of hydrogen-bond acceptors (Lipinski definition) is 4. The highest BCUT2D eigenvalue weighted by Gasteiger charge is 2.27. The Balaban J connectivity index is 2.94. The quantitative estimate of drug-likeness (QED) is 0.613. The van der Waals surface area contributed by atoms with Gasteiger partial charge in [-0.3, -0.25) is 0 Å². The Hall–Kier alpha value is -1.11. The van der Waals surface area contributed by atoms with Gasteiger partial charge < -0.3 is 4.74 Å². The summed E-state index contributed by atoms with van der Waals surface area (Å²) < 4.78 is 31.1. The van der Waals surface area contributed by atoms with E-state index in [4.69, 9.17) is 11.6 Å². The molecule has 112 valence electrons. The van der Waals surface area contributed by atoms with Crippen molar-refractivity contribution in [3.05, 3.63) is 35.9 Å². The molecule has 0 aromatic heterocycles. The van der Waals surface area contributed by atoms with Crippen molar-refractivity contribution in [3.63, 3.8) is 0 Å². The van der Waals surface area contributed by atoms with Gasteiger partial charge in [0.1, 0.15) is 6.04 Å². The minimum atomic E-state index is -3.63. The molecule has 7 heteroatoms. The topological polar surface area (TPSA) is 72.5 Å². The largest absolute Gasteiger partial charge is 0.468 e. The molecule has 0 saturated carbocycles. The summed E-state index contributed by atoms with van der Waals surface area (Å²) in [6.45, 7) is 1.72. The number of nitrogens with one attached hydrogen (secondary N) is 1. The fraction of sp³-hybridized carbons (Fsp3) is 0.462. The molecule has 0 spiro atoms. The first-order chi connectivity index (χ1) is 9.39. The van der Waals surface area contributed by atoms with E-state index in [2.05, 4.69) is 9.46 Å². The van der Waals surface area contributed by atoms with E-state index in [0.29, 0.717) is 5.56 Å². The molecule has 1 N–H and O–H groups in total. The third kappa shape index (κ3) is 5.11. The van der Waals surface area contributed by atoms with E-state index in [9.17, 15) is 13.2 Å². The van der Waals surface area contributed by atoms with E-state index in [-0.39, 0.29) is 17.6 Å².